The van der Waals surface area contributed by atoms with Crippen molar-refractivity contribution in [3.63, 3.8) is 0 Å². The van der Waals surface area contributed by atoms with Crippen LogP contribution in [0.2, 0.25) is 0 Å². The predicted molar refractivity (Wildman–Crippen MR) is 153 cm³/mol. The van der Waals surface area contributed by atoms with Gasteiger partial charge in [0.25, 0.3) is 0 Å². The Labute approximate surface area is 242 Å². The Morgan fingerprint density at radius 2 is 0.556 bits per heavy atom. The topological polar surface area (TPSA) is 64.5 Å². The van der Waals surface area contributed by atoms with Crippen molar-refractivity contribution in [2.75, 3.05) is 0 Å². The van der Waals surface area contributed by atoms with E-state index >= 15 is 0 Å². The Morgan fingerprint density at radius 1 is 0.333 bits per heavy atom. The number of aromatic nitrogens is 5. The van der Waals surface area contributed by atoms with E-state index in [-0.39, 0.29) is 0 Å². The fourth-order valence-corrected chi connectivity index (χ4v) is 7.13. The van der Waals surface area contributed by atoms with Gasteiger partial charge in [0.2, 0.25) is 0 Å². The van der Waals surface area contributed by atoms with Crippen LogP contribution in [0.1, 0.15) is 0 Å². The second-order valence-electron chi connectivity index (χ2n) is 6.95. The Bertz CT molecular complexity index is 1400. The number of nitrogens with zero attached hydrogens (tertiary/aromatic N) is 5. The summed E-state index contributed by atoms with van der Waals surface area (Å²) < 4.78 is 1.61. The van der Waals surface area contributed by atoms with E-state index in [0.29, 0.717) is 0 Å². The first-order valence-electron chi connectivity index (χ1n) is 10.5. The molecule has 0 saturated heterocycles. The van der Waals surface area contributed by atoms with Gasteiger partial charge in [-0.05, 0) is 92.5 Å². The van der Waals surface area contributed by atoms with Crippen LogP contribution in [0.15, 0.2) is 140 Å². The third kappa shape index (κ3) is 7.56. The van der Waals surface area contributed by atoms with E-state index < -0.39 is 0 Å². The summed E-state index contributed by atoms with van der Waals surface area (Å²) in [6.45, 7) is 0. The van der Waals surface area contributed by atoms with Crippen LogP contribution in [-0.4, -0.2) is 24.9 Å². The Hall–Kier alpha value is -1.89. The van der Waals surface area contributed by atoms with Crippen LogP contribution >= 0.6 is 78.9 Å². The van der Waals surface area contributed by atoms with Crippen LogP contribution in [-0.2, 0) is 0 Å². The van der Waals surface area contributed by atoms with Crippen LogP contribution in [0.25, 0.3) is 0 Å². The highest BCUT2D eigenvalue weighted by atomic mass is 79.9. The van der Waals surface area contributed by atoms with Crippen molar-refractivity contribution in [2.45, 2.75) is 40.2 Å². The van der Waals surface area contributed by atoms with Gasteiger partial charge in [0.15, 0.2) is 0 Å². The van der Waals surface area contributed by atoms with Gasteiger partial charge >= 0.3 is 0 Å². The zero-order valence-corrected chi connectivity index (χ0v) is 24.7. The highest BCUT2D eigenvalue weighted by molar-refractivity contribution is 9.10. The minimum Gasteiger partial charge on any atom is -0.234 e. The molecule has 0 unspecified atom stereocenters. The highest BCUT2D eigenvalue weighted by Gasteiger charge is 2.08. The molecule has 178 valence electrons. The molecular weight excluding hydrogens is 658 g/mol. The van der Waals surface area contributed by atoms with E-state index in [1.54, 1.807) is 0 Å². The quantitative estimate of drug-likeness (QED) is 0.151. The average Bonchev–Trinajstić information content (AvgIpc) is 2.85. The van der Waals surface area contributed by atoms with Crippen molar-refractivity contribution in [3.8, 4) is 0 Å². The van der Waals surface area contributed by atoms with Gasteiger partial charge in [-0.3, -0.25) is 0 Å². The highest BCUT2D eigenvalue weighted by Crippen LogP contribution is 2.33. The molecule has 0 fully saturated rings. The van der Waals surface area contributed by atoms with Crippen molar-refractivity contribution >= 4 is 78.9 Å². The molecule has 5 heterocycles. The largest absolute Gasteiger partial charge is 0.234 e. The van der Waals surface area contributed by atoms with Gasteiger partial charge in [-0.25, -0.2) is 24.9 Å². The molecule has 36 heavy (non-hydrogen) atoms. The molecule has 5 aromatic heterocycles. The summed E-state index contributed by atoms with van der Waals surface area (Å²) in [7, 11) is 0. The summed E-state index contributed by atoms with van der Waals surface area (Å²) in [5, 5.41) is 7.05. The van der Waals surface area contributed by atoms with Crippen LogP contribution < -0.4 is 0 Å². The molecule has 0 aliphatic heterocycles. The number of hydrogen-bond donors (Lipinski definition) is 0. The molecule has 0 amide bonds. The van der Waals surface area contributed by atoms with E-state index in [4.69, 9.17) is 15.0 Å². The second kappa shape index (κ2) is 12.6. The lowest BCUT2D eigenvalue weighted by molar-refractivity contribution is 0.962. The molecule has 0 N–H and O–H groups in total. The number of rotatable bonds is 8. The molecule has 0 spiro atoms. The summed E-state index contributed by atoms with van der Waals surface area (Å²) in [4.78, 5) is 23.3. The van der Waals surface area contributed by atoms with Crippen LogP contribution in [0.4, 0.5) is 0 Å². The van der Waals surface area contributed by atoms with Crippen molar-refractivity contribution in [3.05, 3.63) is 100 Å². The summed E-state index contributed by atoms with van der Waals surface area (Å²) in [5.74, 6) is 0. The van der Waals surface area contributed by atoms with Crippen LogP contribution in [0.5, 0.6) is 0 Å². The minimum absolute atomic E-state index is 0.806. The van der Waals surface area contributed by atoms with Crippen molar-refractivity contribution in [1.29, 1.82) is 0 Å². The van der Waals surface area contributed by atoms with Gasteiger partial charge in [-0.1, -0.05) is 77.4 Å². The maximum atomic E-state index is 4.81. The molecule has 11 heteroatoms. The van der Waals surface area contributed by atoms with Gasteiger partial charge < -0.3 is 0 Å². The molecule has 0 atom stereocenters. The molecule has 5 nitrogen and oxygen atoms in total. The molecule has 0 saturated carbocycles. The monoisotopic (exact) mass is 671 g/mol. The van der Waals surface area contributed by atoms with E-state index in [9.17, 15) is 0 Å². The first kappa shape index (κ1) is 25.7. The third-order valence-corrected chi connectivity index (χ3v) is 8.69. The van der Waals surface area contributed by atoms with E-state index in [1.807, 2.05) is 91.0 Å². The molecular formula is C25H15Br2N5S4. The fraction of sp³-hybridized carbons (Fsp3) is 0. The normalized spacial score (nSPS) is 10.9. The predicted octanol–water partition coefficient (Wildman–Crippen LogP) is 8.79. The van der Waals surface area contributed by atoms with Crippen LogP contribution in [0.3, 0.4) is 0 Å². The van der Waals surface area contributed by atoms with Crippen molar-refractivity contribution in [2.24, 2.45) is 0 Å². The molecule has 0 aromatic carbocycles. The smallest absolute Gasteiger partial charge is 0.107 e. The zero-order chi connectivity index (χ0) is 24.7. The van der Waals surface area contributed by atoms with Gasteiger partial charge in [-0.15, -0.1) is 0 Å². The molecule has 5 rings (SSSR count). The lowest BCUT2D eigenvalue weighted by atomic mass is 10.5. The Kier molecular flexibility index (Phi) is 8.99. The average molecular weight is 674 g/mol. The Morgan fingerprint density at radius 3 is 0.806 bits per heavy atom. The fourth-order valence-electron chi connectivity index (χ4n) is 2.85. The summed E-state index contributed by atoms with van der Waals surface area (Å²) in [6.07, 6.45) is 0. The zero-order valence-electron chi connectivity index (χ0n) is 18.3. The van der Waals surface area contributed by atoms with Gasteiger partial charge in [0.05, 0.1) is 0 Å². The lowest BCUT2D eigenvalue weighted by Gasteiger charge is -2.06. The van der Waals surface area contributed by atoms with Crippen molar-refractivity contribution < 1.29 is 0 Å². The standard InChI is InChI=1S/C25H15Br2N5S4/c26-16-6-1-8-18(28-16)33-20-10-3-12-22(30-20)35-24-14-5-15-25(32-24)36-23-13-4-11-21(31-23)34-19-9-2-7-17(27)29-19/h1-15H. The maximum absolute atomic E-state index is 4.81. The number of pyridine rings is 5. The van der Waals surface area contributed by atoms with Gasteiger partial charge in [0.1, 0.15) is 49.4 Å². The maximum Gasteiger partial charge on any atom is 0.107 e. The van der Waals surface area contributed by atoms with E-state index in [1.165, 1.54) is 47.0 Å². The molecule has 0 aliphatic rings. The minimum atomic E-state index is 0.806. The molecule has 0 bridgehead atoms. The van der Waals surface area contributed by atoms with Crippen molar-refractivity contribution in [1.82, 2.24) is 24.9 Å². The number of halogens is 2. The first-order valence-corrected chi connectivity index (χ1v) is 15.3. The van der Waals surface area contributed by atoms with Crippen LogP contribution in [0, 0.1) is 0 Å². The SMILES string of the molecule is Brc1cccc(Sc2cccc(Sc3cccc(Sc4cccc(Sc5cccc(Br)n5)n4)n3)n2)n1. The summed E-state index contributed by atoms with van der Waals surface area (Å²) in [5.41, 5.74) is 0. The van der Waals surface area contributed by atoms with Gasteiger partial charge in [0, 0.05) is 0 Å². The molecule has 0 aliphatic carbocycles. The second-order valence-corrected chi connectivity index (χ2v) is 12.7. The summed E-state index contributed by atoms with van der Waals surface area (Å²) in [6, 6.07) is 29.6. The first-order chi connectivity index (χ1) is 17.6. The molecule has 5 aromatic rings. The van der Waals surface area contributed by atoms with E-state index in [2.05, 4.69) is 41.8 Å². The molecule has 0 radical (unpaired) electrons. The third-order valence-electron chi connectivity index (χ3n) is 4.31. The van der Waals surface area contributed by atoms with E-state index in [0.717, 1.165) is 49.4 Å². The number of hydrogen-bond acceptors (Lipinski definition) is 9. The Balaban J connectivity index is 1.26. The lowest BCUT2D eigenvalue weighted by Crippen LogP contribution is -1.89. The summed E-state index contributed by atoms with van der Waals surface area (Å²) >= 11 is 12.9. The van der Waals surface area contributed by atoms with Gasteiger partial charge in [-0.2, -0.15) is 0 Å².